The minimum atomic E-state index is -0.580. The summed E-state index contributed by atoms with van der Waals surface area (Å²) < 4.78 is 11.0. The molecule has 1 aliphatic rings. The number of nitrogens with one attached hydrogen (secondary N) is 2. The third-order valence-corrected chi connectivity index (χ3v) is 4.37. The summed E-state index contributed by atoms with van der Waals surface area (Å²) in [4.78, 5) is 26.4. The number of nitrogens with zero attached hydrogens (tertiary/aromatic N) is 1. The number of benzene rings is 2. The molecule has 2 N–H and O–H groups in total. The van der Waals surface area contributed by atoms with E-state index in [-0.39, 0.29) is 12.5 Å². The van der Waals surface area contributed by atoms with Gasteiger partial charge in [-0.15, -0.1) is 0 Å². The van der Waals surface area contributed by atoms with Crippen molar-refractivity contribution in [1.82, 2.24) is 5.32 Å². The molecule has 1 heterocycles. The number of amides is 3. The van der Waals surface area contributed by atoms with Crippen LogP contribution in [0.2, 0.25) is 0 Å². The maximum absolute atomic E-state index is 12.3. The van der Waals surface area contributed by atoms with Gasteiger partial charge in [0.15, 0.2) is 11.5 Å². The highest BCUT2D eigenvalue weighted by Crippen LogP contribution is 2.30. The van der Waals surface area contributed by atoms with Crippen LogP contribution in [-0.2, 0) is 11.2 Å². The van der Waals surface area contributed by atoms with Crippen LogP contribution in [0.4, 0.5) is 16.2 Å². The van der Waals surface area contributed by atoms with E-state index in [4.69, 9.17) is 9.47 Å². The molecule has 0 aliphatic carbocycles. The van der Waals surface area contributed by atoms with Gasteiger partial charge >= 0.3 is 6.03 Å². The van der Waals surface area contributed by atoms with Gasteiger partial charge in [0.1, 0.15) is 0 Å². The fraction of sp³-hybridized carbons (Fsp3) is 0.333. The second kappa shape index (κ2) is 9.12. The van der Waals surface area contributed by atoms with Crippen LogP contribution in [0.15, 0.2) is 42.5 Å². The molecule has 1 aliphatic heterocycles. The largest absolute Gasteiger partial charge is 0.490 e. The molecule has 0 unspecified atom stereocenters. The Morgan fingerprint density at radius 3 is 2.57 bits per heavy atom. The third kappa shape index (κ3) is 4.73. The SMILES string of the molecule is CCOc1ccc(NC(=O)NC(=O)CN2CCc3ccccc32)cc1OCC. The van der Waals surface area contributed by atoms with Gasteiger partial charge in [-0.3, -0.25) is 10.1 Å². The lowest BCUT2D eigenvalue weighted by molar-refractivity contribution is -0.118. The van der Waals surface area contributed by atoms with Crippen molar-refractivity contribution < 1.29 is 19.1 Å². The van der Waals surface area contributed by atoms with Gasteiger partial charge in [0.25, 0.3) is 0 Å². The third-order valence-electron chi connectivity index (χ3n) is 4.37. The smallest absolute Gasteiger partial charge is 0.325 e. The van der Waals surface area contributed by atoms with Crippen LogP contribution in [0.1, 0.15) is 19.4 Å². The van der Waals surface area contributed by atoms with E-state index in [0.29, 0.717) is 30.4 Å². The fourth-order valence-corrected chi connectivity index (χ4v) is 3.20. The lowest BCUT2D eigenvalue weighted by Gasteiger charge is -2.18. The first-order chi connectivity index (χ1) is 13.6. The van der Waals surface area contributed by atoms with Crippen molar-refractivity contribution in [3.05, 3.63) is 48.0 Å². The number of anilines is 2. The molecule has 0 spiro atoms. The molecule has 0 atom stereocenters. The number of hydrogen-bond donors (Lipinski definition) is 2. The number of hydrogen-bond acceptors (Lipinski definition) is 5. The zero-order valence-corrected chi connectivity index (χ0v) is 16.2. The van der Waals surface area contributed by atoms with E-state index in [9.17, 15) is 9.59 Å². The minimum absolute atomic E-state index is 0.137. The van der Waals surface area contributed by atoms with Gasteiger partial charge in [-0.05, 0) is 44.0 Å². The first-order valence-corrected chi connectivity index (χ1v) is 9.44. The standard InChI is InChI=1S/C21H25N3O4/c1-3-27-18-10-9-16(13-19(18)28-4-2)22-21(26)23-20(25)14-24-12-11-15-7-5-6-8-17(15)24/h5-10,13H,3-4,11-12,14H2,1-2H3,(H2,22,23,25,26). The molecule has 3 amide bonds. The summed E-state index contributed by atoms with van der Waals surface area (Å²) >= 11 is 0. The Morgan fingerprint density at radius 2 is 1.79 bits per heavy atom. The molecule has 7 heteroatoms. The molecule has 2 aromatic carbocycles. The molecule has 0 bridgehead atoms. The van der Waals surface area contributed by atoms with Crippen molar-refractivity contribution in [1.29, 1.82) is 0 Å². The summed E-state index contributed by atoms with van der Waals surface area (Å²) in [6.07, 6.45) is 0.905. The number of carbonyl (C=O) groups excluding carboxylic acids is 2. The van der Waals surface area contributed by atoms with Crippen LogP contribution in [0, 0.1) is 0 Å². The Hall–Kier alpha value is -3.22. The fourth-order valence-electron chi connectivity index (χ4n) is 3.20. The molecule has 0 saturated heterocycles. The van der Waals surface area contributed by atoms with Crippen molar-refractivity contribution in [2.24, 2.45) is 0 Å². The quantitative estimate of drug-likeness (QED) is 0.768. The molecular formula is C21H25N3O4. The summed E-state index contributed by atoms with van der Waals surface area (Å²) in [5.74, 6) is 0.798. The van der Waals surface area contributed by atoms with Gasteiger partial charge in [-0.1, -0.05) is 18.2 Å². The first kappa shape index (κ1) is 19.5. The average molecular weight is 383 g/mol. The summed E-state index contributed by atoms with van der Waals surface area (Å²) in [6.45, 7) is 5.66. The Bertz CT molecular complexity index is 853. The molecule has 2 aromatic rings. The topological polar surface area (TPSA) is 79.9 Å². The van der Waals surface area contributed by atoms with Crippen LogP contribution in [0.25, 0.3) is 0 Å². The van der Waals surface area contributed by atoms with E-state index < -0.39 is 6.03 Å². The van der Waals surface area contributed by atoms with Gasteiger partial charge in [-0.2, -0.15) is 0 Å². The molecule has 0 fully saturated rings. The van der Waals surface area contributed by atoms with Gasteiger partial charge in [0.2, 0.25) is 5.91 Å². The molecule has 28 heavy (non-hydrogen) atoms. The van der Waals surface area contributed by atoms with Gasteiger partial charge in [-0.25, -0.2) is 4.79 Å². The van der Waals surface area contributed by atoms with Gasteiger partial charge in [0, 0.05) is 24.0 Å². The van der Waals surface area contributed by atoms with E-state index in [1.165, 1.54) is 5.56 Å². The number of urea groups is 1. The number of imide groups is 1. The Labute approximate surface area is 164 Å². The van der Waals surface area contributed by atoms with Crippen molar-refractivity contribution in [3.8, 4) is 11.5 Å². The second-order valence-electron chi connectivity index (χ2n) is 6.33. The Balaban J connectivity index is 1.56. The van der Waals surface area contributed by atoms with Crippen LogP contribution < -0.4 is 25.0 Å². The number of rotatable bonds is 7. The molecule has 0 aromatic heterocycles. The maximum atomic E-state index is 12.3. The molecular weight excluding hydrogens is 358 g/mol. The lowest BCUT2D eigenvalue weighted by Crippen LogP contribution is -2.41. The van der Waals surface area contributed by atoms with Crippen molar-refractivity contribution in [3.63, 3.8) is 0 Å². The van der Waals surface area contributed by atoms with Gasteiger partial charge < -0.3 is 19.7 Å². The number of ether oxygens (including phenoxy) is 2. The highest BCUT2D eigenvalue weighted by atomic mass is 16.5. The lowest BCUT2D eigenvalue weighted by atomic mass is 10.2. The van der Waals surface area contributed by atoms with E-state index >= 15 is 0 Å². The first-order valence-electron chi connectivity index (χ1n) is 9.44. The van der Waals surface area contributed by atoms with E-state index in [0.717, 1.165) is 18.7 Å². The number of para-hydroxylation sites is 1. The van der Waals surface area contributed by atoms with Crippen LogP contribution in [0.3, 0.4) is 0 Å². The number of carbonyl (C=O) groups is 2. The van der Waals surface area contributed by atoms with Crippen LogP contribution in [-0.4, -0.2) is 38.2 Å². The Morgan fingerprint density at radius 1 is 1.04 bits per heavy atom. The molecule has 0 radical (unpaired) electrons. The number of fused-ring (bicyclic) bond motifs is 1. The highest BCUT2D eigenvalue weighted by molar-refractivity contribution is 6.02. The zero-order valence-electron chi connectivity index (χ0n) is 16.2. The molecule has 3 rings (SSSR count). The summed E-state index contributed by atoms with van der Waals surface area (Å²) in [5.41, 5.74) is 2.78. The predicted molar refractivity (Wildman–Crippen MR) is 108 cm³/mol. The van der Waals surface area contributed by atoms with Crippen molar-refractivity contribution in [2.75, 3.05) is 36.5 Å². The average Bonchev–Trinajstić information content (AvgIpc) is 3.07. The van der Waals surface area contributed by atoms with Crippen molar-refractivity contribution >= 4 is 23.3 Å². The van der Waals surface area contributed by atoms with E-state index in [1.54, 1.807) is 18.2 Å². The normalized spacial score (nSPS) is 12.3. The van der Waals surface area contributed by atoms with Crippen LogP contribution in [0.5, 0.6) is 11.5 Å². The molecule has 0 saturated carbocycles. The van der Waals surface area contributed by atoms with E-state index in [2.05, 4.69) is 16.7 Å². The monoisotopic (exact) mass is 383 g/mol. The van der Waals surface area contributed by atoms with Crippen LogP contribution >= 0.6 is 0 Å². The highest BCUT2D eigenvalue weighted by Gasteiger charge is 2.21. The second-order valence-corrected chi connectivity index (χ2v) is 6.33. The summed E-state index contributed by atoms with van der Waals surface area (Å²) in [6, 6.07) is 12.5. The van der Waals surface area contributed by atoms with Crippen molar-refractivity contribution in [2.45, 2.75) is 20.3 Å². The maximum Gasteiger partial charge on any atom is 0.325 e. The Kier molecular flexibility index (Phi) is 6.37. The van der Waals surface area contributed by atoms with Gasteiger partial charge in [0.05, 0.1) is 19.8 Å². The van der Waals surface area contributed by atoms with E-state index in [1.807, 2.05) is 36.9 Å². The summed E-state index contributed by atoms with van der Waals surface area (Å²) in [5, 5.41) is 5.03. The molecule has 7 nitrogen and oxygen atoms in total. The minimum Gasteiger partial charge on any atom is -0.490 e. The zero-order chi connectivity index (χ0) is 19.9. The molecule has 148 valence electrons. The predicted octanol–water partition coefficient (Wildman–Crippen LogP) is 3.19. The summed E-state index contributed by atoms with van der Waals surface area (Å²) in [7, 11) is 0.